The molecule has 7 nitrogen and oxygen atoms in total. The standard InChI is InChI=1S/C30H27N5O2/c1-18-9-11-23(12-10-18)32-30-33-24-13-14-35(4)27(24)29(34-30)37-28-19(2)15-22(16-20(28)3)26-21(17-31)7-6-8-25(26)36-5/h6-16H,1-5H3,(H,32,33,34). The van der Waals surface area contributed by atoms with Crippen LogP contribution in [0.2, 0.25) is 0 Å². The number of fused-ring (bicyclic) bond motifs is 1. The van der Waals surface area contributed by atoms with Crippen molar-refractivity contribution in [3.05, 3.63) is 89.1 Å². The molecule has 37 heavy (non-hydrogen) atoms. The molecule has 0 atom stereocenters. The number of aromatic nitrogens is 3. The number of nitriles is 1. The molecule has 0 aliphatic carbocycles. The second kappa shape index (κ2) is 9.67. The summed E-state index contributed by atoms with van der Waals surface area (Å²) in [5, 5.41) is 13.0. The Bertz CT molecular complexity index is 1640. The van der Waals surface area contributed by atoms with Crippen molar-refractivity contribution in [3.63, 3.8) is 0 Å². The number of rotatable bonds is 6. The van der Waals surface area contributed by atoms with Crippen LogP contribution >= 0.6 is 0 Å². The lowest BCUT2D eigenvalue weighted by Gasteiger charge is -2.17. The monoisotopic (exact) mass is 489 g/mol. The van der Waals surface area contributed by atoms with E-state index in [0.717, 1.165) is 39.0 Å². The number of methoxy groups -OCH3 is 1. The lowest BCUT2D eigenvalue weighted by Crippen LogP contribution is -2.03. The quantitative estimate of drug-likeness (QED) is 0.277. The summed E-state index contributed by atoms with van der Waals surface area (Å²) in [6, 6.07) is 21.8. The minimum Gasteiger partial charge on any atom is -0.496 e. The summed E-state index contributed by atoms with van der Waals surface area (Å²) in [4.78, 5) is 9.42. The largest absolute Gasteiger partial charge is 0.496 e. The van der Waals surface area contributed by atoms with E-state index in [0.29, 0.717) is 28.9 Å². The van der Waals surface area contributed by atoms with Crippen molar-refractivity contribution in [1.29, 1.82) is 5.26 Å². The normalized spacial score (nSPS) is 10.8. The number of hydrogen-bond acceptors (Lipinski definition) is 6. The minimum absolute atomic E-state index is 0.456. The van der Waals surface area contributed by atoms with Gasteiger partial charge in [0.05, 0.1) is 24.3 Å². The summed E-state index contributed by atoms with van der Waals surface area (Å²) in [5.74, 6) is 2.28. The molecule has 5 aromatic rings. The fraction of sp³-hybridized carbons (Fsp3) is 0.167. The first-order valence-corrected chi connectivity index (χ1v) is 11.9. The maximum atomic E-state index is 9.69. The number of ether oxygens (including phenoxy) is 2. The van der Waals surface area contributed by atoms with Gasteiger partial charge in [0.25, 0.3) is 0 Å². The number of anilines is 2. The molecule has 2 aromatic heterocycles. The molecule has 0 aliphatic rings. The number of nitrogens with one attached hydrogen (secondary N) is 1. The summed E-state index contributed by atoms with van der Waals surface area (Å²) in [7, 11) is 3.55. The average Bonchev–Trinajstić information content (AvgIpc) is 3.27. The number of aryl methyl sites for hydroxylation is 4. The summed E-state index contributed by atoms with van der Waals surface area (Å²) < 4.78 is 14.0. The summed E-state index contributed by atoms with van der Waals surface area (Å²) in [5.41, 5.74) is 7.70. The van der Waals surface area contributed by atoms with E-state index in [-0.39, 0.29) is 0 Å². The van der Waals surface area contributed by atoms with Crippen LogP contribution in [0.1, 0.15) is 22.3 Å². The Labute approximate surface area is 216 Å². The van der Waals surface area contributed by atoms with Gasteiger partial charge in [-0.25, -0.2) is 4.98 Å². The molecule has 7 heteroatoms. The van der Waals surface area contributed by atoms with E-state index in [9.17, 15) is 5.26 Å². The summed E-state index contributed by atoms with van der Waals surface area (Å²) >= 11 is 0. The van der Waals surface area contributed by atoms with E-state index in [1.807, 2.05) is 93.2 Å². The van der Waals surface area contributed by atoms with Gasteiger partial charge < -0.3 is 19.4 Å². The zero-order valence-corrected chi connectivity index (χ0v) is 21.5. The van der Waals surface area contributed by atoms with Gasteiger partial charge in [-0.15, -0.1) is 0 Å². The maximum absolute atomic E-state index is 9.69. The molecule has 2 heterocycles. The number of hydrogen-bond donors (Lipinski definition) is 1. The van der Waals surface area contributed by atoms with Gasteiger partial charge in [0, 0.05) is 24.5 Å². The fourth-order valence-electron chi connectivity index (χ4n) is 4.49. The first-order chi connectivity index (χ1) is 17.9. The van der Waals surface area contributed by atoms with Crippen molar-refractivity contribution >= 4 is 22.7 Å². The third kappa shape index (κ3) is 4.57. The molecule has 0 unspecified atom stereocenters. The molecule has 184 valence electrons. The van der Waals surface area contributed by atoms with Crippen LogP contribution in [0, 0.1) is 32.1 Å². The third-order valence-corrected chi connectivity index (χ3v) is 6.31. The molecule has 0 radical (unpaired) electrons. The van der Waals surface area contributed by atoms with Gasteiger partial charge in [0.2, 0.25) is 11.8 Å². The van der Waals surface area contributed by atoms with Gasteiger partial charge in [0.15, 0.2) is 0 Å². The van der Waals surface area contributed by atoms with E-state index in [2.05, 4.69) is 16.4 Å². The molecule has 0 bridgehead atoms. The van der Waals surface area contributed by atoms with Crippen LogP contribution in [0.3, 0.4) is 0 Å². The first-order valence-electron chi connectivity index (χ1n) is 11.9. The van der Waals surface area contributed by atoms with Crippen LogP contribution in [0.4, 0.5) is 11.6 Å². The van der Waals surface area contributed by atoms with E-state index < -0.39 is 0 Å². The molecule has 1 N–H and O–H groups in total. The van der Waals surface area contributed by atoms with E-state index in [4.69, 9.17) is 14.5 Å². The van der Waals surface area contributed by atoms with Gasteiger partial charge in [-0.05, 0) is 79.9 Å². The maximum Gasteiger partial charge on any atom is 0.249 e. The molecular weight excluding hydrogens is 462 g/mol. The Balaban J connectivity index is 1.57. The molecule has 0 aliphatic heterocycles. The van der Waals surface area contributed by atoms with Crippen LogP contribution in [0.5, 0.6) is 17.4 Å². The molecular formula is C30H27N5O2. The lowest BCUT2D eigenvalue weighted by atomic mass is 9.95. The van der Waals surface area contributed by atoms with E-state index >= 15 is 0 Å². The van der Waals surface area contributed by atoms with Gasteiger partial charge in [-0.3, -0.25) is 0 Å². The molecule has 0 saturated heterocycles. The van der Waals surface area contributed by atoms with Crippen molar-refractivity contribution in [3.8, 4) is 34.6 Å². The minimum atomic E-state index is 0.456. The Morgan fingerprint density at radius 3 is 2.35 bits per heavy atom. The second-order valence-corrected chi connectivity index (χ2v) is 9.04. The van der Waals surface area contributed by atoms with Crippen LogP contribution in [-0.4, -0.2) is 21.6 Å². The molecule has 0 fully saturated rings. The third-order valence-electron chi connectivity index (χ3n) is 6.31. The highest BCUT2D eigenvalue weighted by atomic mass is 16.5. The smallest absolute Gasteiger partial charge is 0.249 e. The van der Waals surface area contributed by atoms with Gasteiger partial charge in [0.1, 0.15) is 17.0 Å². The van der Waals surface area contributed by atoms with Crippen molar-refractivity contribution < 1.29 is 9.47 Å². The van der Waals surface area contributed by atoms with Gasteiger partial charge in [-0.2, -0.15) is 10.2 Å². The van der Waals surface area contributed by atoms with Gasteiger partial charge in [-0.1, -0.05) is 23.8 Å². The van der Waals surface area contributed by atoms with Crippen molar-refractivity contribution in [2.45, 2.75) is 20.8 Å². The zero-order chi connectivity index (χ0) is 26.1. The number of nitrogens with zero attached hydrogens (tertiary/aromatic N) is 4. The Hall–Kier alpha value is -4.83. The zero-order valence-electron chi connectivity index (χ0n) is 21.5. The Morgan fingerprint density at radius 2 is 1.68 bits per heavy atom. The summed E-state index contributed by atoms with van der Waals surface area (Å²) in [6.45, 7) is 6.03. The number of benzene rings is 3. The van der Waals surface area contributed by atoms with Crippen molar-refractivity contribution in [2.75, 3.05) is 12.4 Å². The molecule has 3 aromatic carbocycles. The Kier molecular flexibility index (Phi) is 6.24. The predicted molar refractivity (Wildman–Crippen MR) is 146 cm³/mol. The fourth-order valence-corrected chi connectivity index (χ4v) is 4.49. The van der Waals surface area contributed by atoms with Crippen LogP contribution in [-0.2, 0) is 7.05 Å². The molecule has 5 rings (SSSR count). The highest BCUT2D eigenvalue weighted by molar-refractivity contribution is 5.83. The van der Waals surface area contributed by atoms with Crippen LogP contribution in [0.15, 0.2) is 66.9 Å². The van der Waals surface area contributed by atoms with Crippen molar-refractivity contribution in [1.82, 2.24) is 14.5 Å². The first kappa shape index (κ1) is 23.9. The molecule has 0 amide bonds. The highest BCUT2D eigenvalue weighted by Crippen LogP contribution is 2.39. The molecule has 0 saturated carbocycles. The SMILES string of the molecule is COc1cccc(C#N)c1-c1cc(C)c(Oc2nc(Nc3ccc(C)cc3)nc3ccn(C)c23)c(C)c1. The van der Waals surface area contributed by atoms with Gasteiger partial charge >= 0.3 is 0 Å². The van der Waals surface area contributed by atoms with Crippen molar-refractivity contribution in [2.24, 2.45) is 7.05 Å². The molecule has 0 spiro atoms. The van der Waals surface area contributed by atoms with Crippen LogP contribution in [0.25, 0.3) is 22.2 Å². The topological polar surface area (TPSA) is 85.0 Å². The predicted octanol–water partition coefficient (Wildman–Crippen LogP) is 6.98. The van der Waals surface area contributed by atoms with E-state index in [1.165, 1.54) is 5.56 Å². The van der Waals surface area contributed by atoms with E-state index in [1.54, 1.807) is 13.2 Å². The lowest BCUT2D eigenvalue weighted by molar-refractivity contribution is 0.416. The Morgan fingerprint density at radius 1 is 0.946 bits per heavy atom. The second-order valence-electron chi connectivity index (χ2n) is 9.04. The highest BCUT2D eigenvalue weighted by Gasteiger charge is 2.18. The average molecular weight is 490 g/mol. The summed E-state index contributed by atoms with van der Waals surface area (Å²) in [6.07, 6.45) is 1.94. The van der Waals surface area contributed by atoms with Crippen LogP contribution < -0.4 is 14.8 Å².